The minimum Gasteiger partial charge on any atom is -0.397 e. The SMILES string of the molecule is N/C(=C\N(N)c1ccc(F)cc1C(F)(F)F)c1ccc(OS(N)(=O)=O)cc1. The molecule has 0 aliphatic carbocycles. The number of rotatable bonds is 5. The van der Waals surface area contributed by atoms with Gasteiger partial charge in [-0.1, -0.05) is 0 Å². The van der Waals surface area contributed by atoms with E-state index in [2.05, 4.69) is 4.18 Å². The summed E-state index contributed by atoms with van der Waals surface area (Å²) in [4.78, 5) is 0. The van der Waals surface area contributed by atoms with Gasteiger partial charge < -0.3 is 9.92 Å². The van der Waals surface area contributed by atoms with E-state index in [1.54, 1.807) is 0 Å². The van der Waals surface area contributed by atoms with Crippen LogP contribution >= 0.6 is 0 Å². The van der Waals surface area contributed by atoms with Crippen molar-refractivity contribution in [3.05, 3.63) is 65.6 Å². The zero-order valence-corrected chi connectivity index (χ0v) is 14.3. The van der Waals surface area contributed by atoms with Crippen LogP contribution in [0, 0.1) is 5.82 Å². The molecular weight excluding hydrogens is 392 g/mol. The third-order valence-electron chi connectivity index (χ3n) is 3.22. The maximum Gasteiger partial charge on any atom is 0.418 e. The molecule has 0 fully saturated rings. The van der Waals surface area contributed by atoms with E-state index >= 15 is 0 Å². The van der Waals surface area contributed by atoms with E-state index in [0.717, 1.165) is 18.3 Å². The number of anilines is 1. The van der Waals surface area contributed by atoms with E-state index in [4.69, 9.17) is 16.7 Å². The molecule has 27 heavy (non-hydrogen) atoms. The van der Waals surface area contributed by atoms with E-state index in [1.807, 2.05) is 0 Å². The van der Waals surface area contributed by atoms with Crippen LogP contribution in [0.1, 0.15) is 11.1 Å². The molecule has 0 bridgehead atoms. The van der Waals surface area contributed by atoms with Crippen molar-refractivity contribution < 1.29 is 30.2 Å². The number of hydrazine groups is 1. The first-order valence-corrected chi connectivity index (χ1v) is 8.54. The number of alkyl halides is 3. The van der Waals surface area contributed by atoms with Gasteiger partial charge in [0.2, 0.25) is 0 Å². The van der Waals surface area contributed by atoms with E-state index in [-0.39, 0.29) is 11.4 Å². The molecule has 0 spiro atoms. The lowest BCUT2D eigenvalue weighted by Crippen LogP contribution is -2.28. The predicted molar refractivity (Wildman–Crippen MR) is 90.4 cm³/mol. The van der Waals surface area contributed by atoms with Gasteiger partial charge in [-0.25, -0.2) is 10.2 Å². The molecule has 0 unspecified atom stereocenters. The highest BCUT2D eigenvalue weighted by molar-refractivity contribution is 7.84. The smallest absolute Gasteiger partial charge is 0.397 e. The van der Waals surface area contributed by atoms with Gasteiger partial charge in [0.15, 0.2) is 0 Å². The third-order valence-corrected chi connectivity index (χ3v) is 3.65. The number of hydrogen-bond acceptors (Lipinski definition) is 6. The van der Waals surface area contributed by atoms with Crippen molar-refractivity contribution in [1.82, 2.24) is 0 Å². The number of hydrogen-bond donors (Lipinski definition) is 3. The summed E-state index contributed by atoms with van der Waals surface area (Å²) in [5.74, 6) is 4.47. The minimum atomic E-state index is -4.83. The van der Waals surface area contributed by atoms with Crippen LogP contribution in [-0.4, -0.2) is 8.42 Å². The lowest BCUT2D eigenvalue weighted by Gasteiger charge is -2.20. The zero-order chi connectivity index (χ0) is 20.4. The lowest BCUT2D eigenvalue weighted by molar-refractivity contribution is -0.137. The maximum absolute atomic E-state index is 13.2. The highest BCUT2D eigenvalue weighted by atomic mass is 32.2. The summed E-state index contributed by atoms with van der Waals surface area (Å²) in [6.07, 6.45) is -3.83. The largest absolute Gasteiger partial charge is 0.418 e. The number of benzene rings is 2. The molecular formula is C15H14F4N4O3S. The Morgan fingerprint density at radius 3 is 2.22 bits per heavy atom. The third kappa shape index (κ3) is 5.57. The molecule has 0 aromatic heterocycles. The molecule has 2 aromatic rings. The Kier molecular flexibility index (Phi) is 5.63. The number of nitrogens with zero attached hydrogens (tertiary/aromatic N) is 1. The molecule has 0 heterocycles. The predicted octanol–water partition coefficient (Wildman–Crippen LogP) is 2.06. The van der Waals surface area contributed by atoms with Crippen molar-refractivity contribution in [3.8, 4) is 5.75 Å². The summed E-state index contributed by atoms with van der Waals surface area (Å²) in [6.45, 7) is 0. The molecule has 7 nitrogen and oxygen atoms in total. The highest BCUT2D eigenvalue weighted by Gasteiger charge is 2.35. The molecule has 0 atom stereocenters. The van der Waals surface area contributed by atoms with Crippen LogP contribution in [0.25, 0.3) is 5.70 Å². The Balaban J connectivity index is 2.31. The van der Waals surface area contributed by atoms with Crippen LogP contribution in [-0.2, 0) is 16.5 Å². The summed E-state index contributed by atoms with van der Waals surface area (Å²) < 4.78 is 78.4. The topological polar surface area (TPSA) is 125 Å². The monoisotopic (exact) mass is 406 g/mol. The summed E-state index contributed by atoms with van der Waals surface area (Å²) in [5, 5.41) is 5.33. The molecule has 0 amide bonds. The average molecular weight is 406 g/mol. The minimum absolute atomic E-state index is 0.0443. The van der Waals surface area contributed by atoms with Crippen molar-refractivity contribution >= 4 is 21.7 Å². The van der Waals surface area contributed by atoms with Crippen LogP contribution in [0.2, 0.25) is 0 Å². The normalized spacial score (nSPS) is 12.7. The molecule has 0 saturated heterocycles. The van der Waals surface area contributed by atoms with Gasteiger partial charge in [-0.15, -0.1) is 0 Å². The first-order chi connectivity index (χ1) is 12.4. The van der Waals surface area contributed by atoms with Gasteiger partial charge in [-0.05, 0) is 48.0 Å². The van der Waals surface area contributed by atoms with Crippen molar-refractivity contribution in [3.63, 3.8) is 0 Å². The standard InChI is InChI=1S/C15H14F4N4O3S/c16-10-3-6-14(12(7-10)15(17,18)19)23(21)8-13(20)9-1-4-11(5-2-9)26-27(22,24)25/h1-8H,20-21H2,(H2,22,24,25)/b13-8-. The molecule has 0 saturated carbocycles. The molecule has 12 heteroatoms. The van der Waals surface area contributed by atoms with E-state index in [0.29, 0.717) is 16.6 Å². The van der Waals surface area contributed by atoms with E-state index in [1.165, 1.54) is 24.3 Å². The zero-order valence-electron chi connectivity index (χ0n) is 13.4. The van der Waals surface area contributed by atoms with Gasteiger partial charge in [0.1, 0.15) is 11.6 Å². The Hall–Kier alpha value is -2.83. The molecule has 6 N–H and O–H groups in total. The van der Waals surface area contributed by atoms with Crippen molar-refractivity contribution in [1.29, 1.82) is 0 Å². The van der Waals surface area contributed by atoms with Crippen molar-refractivity contribution in [2.75, 3.05) is 5.01 Å². The quantitative estimate of drug-likeness (QED) is 0.397. The van der Waals surface area contributed by atoms with Crippen LogP contribution < -0.4 is 25.9 Å². The van der Waals surface area contributed by atoms with Gasteiger partial charge in [0.05, 0.1) is 16.9 Å². The fraction of sp³-hybridized carbons (Fsp3) is 0.0667. The van der Waals surface area contributed by atoms with Crippen molar-refractivity contribution in [2.24, 2.45) is 16.7 Å². The number of nitrogens with two attached hydrogens (primary N) is 3. The van der Waals surface area contributed by atoms with Crippen LogP contribution in [0.5, 0.6) is 5.75 Å². The second-order valence-electron chi connectivity index (χ2n) is 5.25. The Morgan fingerprint density at radius 1 is 1.11 bits per heavy atom. The summed E-state index contributed by atoms with van der Waals surface area (Å²) in [6, 6.07) is 7.17. The van der Waals surface area contributed by atoms with E-state index in [9.17, 15) is 26.0 Å². The summed E-state index contributed by atoms with van der Waals surface area (Å²) in [7, 11) is -4.20. The fourth-order valence-electron chi connectivity index (χ4n) is 2.09. The molecule has 2 rings (SSSR count). The van der Waals surface area contributed by atoms with E-state index < -0.39 is 33.5 Å². The van der Waals surface area contributed by atoms with Crippen molar-refractivity contribution in [2.45, 2.75) is 6.18 Å². The Labute approximate surface area is 151 Å². The summed E-state index contributed by atoms with van der Waals surface area (Å²) >= 11 is 0. The summed E-state index contributed by atoms with van der Waals surface area (Å²) in [5.41, 5.74) is 4.28. The van der Waals surface area contributed by atoms with Crippen LogP contribution in [0.4, 0.5) is 23.2 Å². The van der Waals surface area contributed by atoms with Gasteiger partial charge in [0.25, 0.3) is 0 Å². The second kappa shape index (κ2) is 7.42. The molecule has 0 radical (unpaired) electrons. The maximum atomic E-state index is 13.2. The Morgan fingerprint density at radius 2 is 1.70 bits per heavy atom. The molecule has 0 aliphatic heterocycles. The Bertz CT molecular complexity index is 960. The molecule has 0 aliphatic rings. The van der Waals surface area contributed by atoms with Crippen LogP contribution in [0.3, 0.4) is 0 Å². The van der Waals surface area contributed by atoms with Gasteiger partial charge in [-0.2, -0.15) is 26.7 Å². The average Bonchev–Trinajstić information content (AvgIpc) is 2.53. The highest BCUT2D eigenvalue weighted by Crippen LogP contribution is 2.36. The first-order valence-electron chi connectivity index (χ1n) is 7.07. The van der Waals surface area contributed by atoms with Gasteiger partial charge in [0, 0.05) is 6.20 Å². The second-order valence-corrected chi connectivity index (χ2v) is 6.40. The molecule has 146 valence electrons. The van der Waals surface area contributed by atoms with Gasteiger partial charge in [-0.3, -0.25) is 5.01 Å². The fourth-order valence-corrected chi connectivity index (χ4v) is 2.47. The van der Waals surface area contributed by atoms with Crippen LogP contribution in [0.15, 0.2) is 48.7 Å². The van der Waals surface area contributed by atoms with Gasteiger partial charge >= 0.3 is 16.5 Å². The number of halogens is 4. The molecule has 2 aromatic carbocycles. The lowest BCUT2D eigenvalue weighted by atomic mass is 10.1. The first kappa shape index (κ1) is 20.5.